The first-order valence-electron chi connectivity index (χ1n) is 7.91. The van der Waals surface area contributed by atoms with Gasteiger partial charge < -0.3 is 14.8 Å². The molecule has 5 nitrogen and oxygen atoms in total. The fourth-order valence-electron chi connectivity index (χ4n) is 2.46. The number of benzene rings is 2. The third-order valence-electron chi connectivity index (χ3n) is 3.78. The monoisotopic (exact) mass is 325 g/mol. The van der Waals surface area contributed by atoms with Gasteiger partial charge in [0.25, 0.3) is 0 Å². The molecule has 2 aromatic rings. The van der Waals surface area contributed by atoms with Gasteiger partial charge in [0.15, 0.2) is 17.3 Å². The molecular formula is C19H19NO4. The summed E-state index contributed by atoms with van der Waals surface area (Å²) >= 11 is 0. The van der Waals surface area contributed by atoms with Gasteiger partial charge in [-0.1, -0.05) is 29.8 Å². The molecule has 1 N–H and O–H groups in total. The summed E-state index contributed by atoms with van der Waals surface area (Å²) in [6.07, 6.45) is 0.320. The molecular weight excluding hydrogens is 306 g/mol. The molecule has 1 aliphatic heterocycles. The lowest BCUT2D eigenvalue weighted by Gasteiger charge is -2.19. The second-order valence-electron chi connectivity index (χ2n) is 5.70. The van der Waals surface area contributed by atoms with Crippen LogP contribution in [-0.2, 0) is 4.79 Å². The van der Waals surface area contributed by atoms with Crippen LogP contribution in [-0.4, -0.2) is 24.9 Å². The maximum Gasteiger partial charge on any atom is 0.224 e. The number of carbonyl (C=O) groups excluding carboxylic acids is 2. The number of carbonyl (C=O) groups is 2. The van der Waals surface area contributed by atoms with E-state index in [9.17, 15) is 9.59 Å². The molecule has 0 spiro atoms. The van der Waals surface area contributed by atoms with E-state index in [1.165, 1.54) is 0 Å². The Balaban J connectivity index is 1.54. The van der Waals surface area contributed by atoms with Gasteiger partial charge in [0.2, 0.25) is 5.91 Å². The summed E-state index contributed by atoms with van der Waals surface area (Å²) in [5.74, 6) is 1.06. The summed E-state index contributed by atoms with van der Waals surface area (Å²) in [5.41, 5.74) is 2.36. The number of amides is 1. The molecule has 2 aromatic carbocycles. The van der Waals surface area contributed by atoms with Crippen LogP contribution >= 0.6 is 0 Å². The standard InChI is InChI=1S/C19H19NO4/c1-13-2-4-14(5-3-13)16(21)7-9-19(22)20-15-6-8-17-18(12-15)24-11-10-23-17/h2-6,8,12H,7,9-11H2,1H3,(H,20,22). The number of aryl methyl sites for hydroxylation is 1. The van der Waals surface area contributed by atoms with Gasteiger partial charge in [-0.3, -0.25) is 9.59 Å². The number of anilines is 1. The van der Waals surface area contributed by atoms with Gasteiger partial charge in [0, 0.05) is 30.2 Å². The highest BCUT2D eigenvalue weighted by Crippen LogP contribution is 2.32. The first kappa shape index (κ1) is 16.1. The lowest BCUT2D eigenvalue weighted by Crippen LogP contribution is -2.16. The summed E-state index contributed by atoms with van der Waals surface area (Å²) < 4.78 is 10.9. The van der Waals surface area contributed by atoms with E-state index < -0.39 is 0 Å². The lowest BCUT2D eigenvalue weighted by molar-refractivity contribution is -0.116. The predicted molar refractivity (Wildman–Crippen MR) is 90.8 cm³/mol. The normalized spacial score (nSPS) is 12.5. The van der Waals surface area contributed by atoms with Crippen LogP contribution in [0.5, 0.6) is 11.5 Å². The van der Waals surface area contributed by atoms with Crippen molar-refractivity contribution >= 4 is 17.4 Å². The van der Waals surface area contributed by atoms with Gasteiger partial charge in [0.1, 0.15) is 13.2 Å². The summed E-state index contributed by atoms with van der Waals surface area (Å²) in [4.78, 5) is 24.1. The van der Waals surface area contributed by atoms with Crippen LogP contribution in [0.25, 0.3) is 0 Å². The van der Waals surface area contributed by atoms with Crippen molar-refractivity contribution in [1.82, 2.24) is 0 Å². The summed E-state index contributed by atoms with van der Waals surface area (Å²) in [7, 11) is 0. The number of nitrogens with one attached hydrogen (secondary N) is 1. The largest absolute Gasteiger partial charge is 0.486 e. The summed E-state index contributed by atoms with van der Waals surface area (Å²) in [6.45, 7) is 2.99. The minimum absolute atomic E-state index is 0.0349. The topological polar surface area (TPSA) is 64.6 Å². The van der Waals surface area contributed by atoms with Crippen molar-refractivity contribution in [2.75, 3.05) is 18.5 Å². The average molecular weight is 325 g/mol. The molecule has 24 heavy (non-hydrogen) atoms. The molecule has 0 fully saturated rings. The molecule has 0 saturated carbocycles. The zero-order valence-electron chi connectivity index (χ0n) is 13.5. The van der Waals surface area contributed by atoms with Crippen molar-refractivity contribution in [2.45, 2.75) is 19.8 Å². The Labute approximate surface area is 140 Å². The minimum Gasteiger partial charge on any atom is -0.486 e. The minimum atomic E-state index is -0.202. The van der Waals surface area contributed by atoms with Crippen LogP contribution < -0.4 is 14.8 Å². The summed E-state index contributed by atoms with van der Waals surface area (Å²) in [5, 5.41) is 2.78. The van der Waals surface area contributed by atoms with Crippen molar-refractivity contribution in [1.29, 1.82) is 0 Å². The Kier molecular flexibility index (Phi) is 4.79. The zero-order valence-corrected chi connectivity index (χ0v) is 13.5. The van der Waals surface area contributed by atoms with Gasteiger partial charge in [0.05, 0.1) is 0 Å². The van der Waals surface area contributed by atoms with Crippen LogP contribution in [0.2, 0.25) is 0 Å². The average Bonchev–Trinajstić information content (AvgIpc) is 2.60. The number of ketones is 1. The Morgan fingerprint density at radius 1 is 0.958 bits per heavy atom. The second kappa shape index (κ2) is 7.17. The molecule has 0 saturated heterocycles. The number of Topliss-reactive ketones (excluding diaryl/α,β-unsaturated/α-hetero) is 1. The zero-order chi connectivity index (χ0) is 16.9. The van der Waals surface area contributed by atoms with Crippen molar-refractivity contribution in [3.05, 3.63) is 53.6 Å². The number of ether oxygens (including phenoxy) is 2. The molecule has 0 atom stereocenters. The van der Waals surface area contributed by atoms with Gasteiger partial charge in [-0.2, -0.15) is 0 Å². The van der Waals surface area contributed by atoms with Crippen LogP contribution in [0.1, 0.15) is 28.8 Å². The maximum absolute atomic E-state index is 12.1. The molecule has 0 aliphatic carbocycles. The highest BCUT2D eigenvalue weighted by Gasteiger charge is 2.13. The molecule has 0 radical (unpaired) electrons. The third-order valence-corrected chi connectivity index (χ3v) is 3.78. The molecule has 0 unspecified atom stereocenters. The fraction of sp³-hybridized carbons (Fsp3) is 0.263. The Morgan fingerprint density at radius 2 is 1.67 bits per heavy atom. The van der Waals surface area contributed by atoms with E-state index in [2.05, 4.69) is 5.32 Å². The van der Waals surface area contributed by atoms with E-state index in [1.54, 1.807) is 30.3 Å². The highest BCUT2D eigenvalue weighted by molar-refractivity contribution is 6.00. The van der Waals surface area contributed by atoms with Crippen LogP contribution in [0.3, 0.4) is 0 Å². The van der Waals surface area contributed by atoms with Gasteiger partial charge in [-0.25, -0.2) is 0 Å². The predicted octanol–water partition coefficient (Wildman–Crippen LogP) is 3.37. The van der Waals surface area contributed by atoms with Crippen LogP contribution in [0.15, 0.2) is 42.5 Å². The molecule has 0 aromatic heterocycles. The fourth-order valence-corrected chi connectivity index (χ4v) is 2.46. The van der Waals surface area contributed by atoms with Crippen molar-refractivity contribution < 1.29 is 19.1 Å². The van der Waals surface area contributed by atoms with Gasteiger partial charge in [-0.05, 0) is 19.1 Å². The molecule has 124 valence electrons. The van der Waals surface area contributed by atoms with Crippen molar-refractivity contribution in [3.8, 4) is 11.5 Å². The highest BCUT2D eigenvalue weighted by atomic mass is 16.6. The molecule has 1 amide bonds. The van der Waals surface area contributed by atoms with E-state index in [0.29, 0.717) is 36.0 Å². The number of hydrogen-bond acceptors (Lipinski definition) is 4. The smallest absolute Gasteiger partial charge is 0.224 e. The third kappa shape index (κ3) is 3.93. The molecule has 5 heteroatoms. The SMILES string of the molecule is Cc1ccc(C(=O)CCC(=O)Nc2ccc3c(c2)OCCO3)cc1. The Hall–Kier alpha value is -2.82. The molecule has 1 aliphatic rings. The molecule has 1 heterocycles. The van der Waals surface area contributed by atoms with E-state index >= 15 is 0 Å². The van der Waals surface area contributed by atoms with Gasteiger partial charge in [-0.15, -0.1) is 0 Å². The van der Waals surface area contributed by atoms with E-state index in [0.717, 1.165) is 5.56 Å². The molecule has 3 rings (SSSR count). The number of hydrogen-bond donors (Lipinski definition) is 1. The second-order valence-corrected chi connectivity index (χ2v) is 5.70. The van der Waals surface area contributed by atoms with Crippen molar-refractivity contribution in [2.24, 2.45) is 0 Å². The summed E-state index contributed by atoms with van der Waals surface area (Å²) in [6, 6.07) is 12.6. The first-order chi connectivity index (χ1) is 11.6. The van der Waals surface area contributed by atoms with E-state index in [4.69, 9.17) is 9.47 Å². The van der Waals surface area contributed by atoms with E-state index in [1.807, 2.05) is 19.1 Å². The maximum atomic E-state index is 12.1. The Bertz CT molecular complexity index is 752. The van der Waals surface area contributed by atoms with Crippen molar-refractivity contribution in [3.63, 3.8) is 0 Å². The van der Waals surface area contributed by atoms with E-state index in [-0.39, 0.29) is 24.5 Å². The number of fused-ring (bicyclic) bond motifs is 1. The number of rotatable bonds is 5. The molecule has 0 bridgehead atoms. The lowest BCUT2D eigenvalue weighted by atomic mass is 10.0. The van der Waals surface area contributed by atoms with Crippen LogP contribution in [0, 0.1) is 6.92 Å². The first-order valence-corrected chi connectivity index (χ1v) is 7.91. The quantitative estimate of drug-likeness (QED) is 0.856. The van der Waals surface area contributed by atoms with Crippen LogP contribution in [0.4, 0.5) is 5.69 Å². The Morgan fingerprint density at radius 3 is 2.42 bits per heavy atom. The van der Waals surface area contributed by atoms with Gasteiger partial charge >= 0.3 is 0 Å².